The number of nitrogens with one attached hydrogen (secondary N) is 1. The maximum absolute atomic E-state index is 10.3. The van der Waals surface area contributed by atoms with E-state index in [1.165, 1.54) is 6.33 Å². The molecule has 1 unspecified atom stereocenters. The van der Waals surface area contributed by atoms with Gasteiger partial charge in [0.05, 0.1) is 6.33 Å². The number of imidazole rings is 1. The molecule has 4 N–H and O–H groups in total. The quantitative estimate of drug-likeness (QED) is 0.680. The summed E-state index contributed by atoms with van der Waals surface area (Å²) in [5.74, 6) is -1.00. The van der Waals surface area contributed by atoms with Crippen molar-refractivity contribution in [2.75, 3.05) is 0 Å². The van der Waals surface area contributed by atoms with Gasteiger partial charge in [0.1, 0.15) is 6.04 Å². The lowest BCUT2D eigenvalue weighted by Gasteiger charge is -2.02. The van der Waals surface area contributed by atoms with Crippen molar-refractivity contribution in [2.45, 2.75) is 12.5 Å². The van der Waals surface area contributed by atoms with Crippen LogP contribution in [0.1, 0.15) is 5.69 Å². The van der Waals surface area contributed by atoms with Gasteiger partial charge in [0.25, 0.3) is 0 Å². The predicted octanol–water partition coefficient (Wildman–Crippen LogP) is -0.0179. The van der Waals surface area contributed by atoms with Crippen LogP contribution in [0.25, 0.3) is 0 Å². The lowest BCUT2D eigenvalue weighted by atomic mass is 10.2. The van der Waals surface area contributed by atoms with Crippen molar-refractivity contribution in [3.63, 3.8) is 0 Å². The molecule has 0 aliphatic rings. The van der Waals surface area contributed by atoms with Crippen LogP contribution in [0.3, 0.4) is 0 Å². The first-order chi connectivity index (χ1) is 5.20. The molecule has 0 aliphatic carbocycles. The third-order valence-electron chi connectivity index (χ3n) is 1.31. The first-order valence-electron chi connectivity index (χ1n) is 3.16. The van der Waals surface area contributed by atoms with E-state index in [2.05, 4.69) is 9.97 Å². The van der Waals surface area contributed by atoms with Gasteiger partial charge in [-0.1, -0.05) is 0 Å². The first-order valence-corrected chi connectivity index (χ1v) is 3.16. The van der Waals surface area contributed by atoms with Gasteiger partial charge in [0.15, 0.2) is 0 Å². The Morgan fingerprint density at radius 2 is 2.50 bits per heavy atom. The van der Waals surface area contributed by atoms with Crippen LogP contribution in [0.2, 0.25) is 0 Å². The highest BCUT2D eigenvalue weighted by molar-refractivity contribution is 14.0. The molecule has 0 spiro atoms. The van der Waals surface area contributed by atoms with Crippen molar-refractivity contribution in [3.8, 4) is 0 Å². The topological polar surface area (TPSA) is 92.0 Å². The molecule has 0 fully saturated rings. The molecule has 12 heavy (non-hydrogen) atoms. The molecule has 0 saturated heterocycles. The Morgan fingerprint density at radius 1 is 1.83 bits per heavy atom. The highest BCUT2D eigenvalue weighted by atomic mass is 127. The van der Waals surface area contributed by atoms with Crippen LogP contribution in [-0.2, 0) is 11.2 Å². The van der Waals surface area contributed by atoms with Crippen LogP contribution >= 0.6 is 24.0 Å². The zero-order valence-electron chi connectivity index (χ0n) is 6.23. The molecule has 0 aliphatic heterocycles. The van der Waals surface area contributed by atoms with E-state index >= 15 is 0 Å². The van der Waals surface area contributed by atoms with Crippen LogP contribution in [0.4, 0.5) is 0 Å². The average molecular weight is 283 g/mol. The van der Waals surface area contributed by atoms with Gasteiger partial charge < -0.3 is 15.8 Å². The third kappa shape index (κ3) is 3.18. The lowest BCUT2D eigenvalue weighted by molar-refractivity contribution is -0.138. The summed E-state index contributed by atoms with van der Waals surface area (Å²) in [5.41, 5.74) is 6.00. The minimum absolute atomic E-state index is 0. The number of rotatable bonds is 3. The van der Waals surface area contributed by atoms with E-state index in [4.69, 9.17) is 10.8 Å². The Morgan fingerprint density at radius 3 is 2.92 bits per heavy atom. The van der Waals surface area contributed by atoms with Crippen LogP contribution in [0.5, 0.6) is 0 Å². The van der Waals surface area contributed by atoms with E-state index in [1.54, 1.807) is 6.20 Å². The van der Waals surface area contributed by atoms with Gasteiger partial charge in [-0.2, -0.15) is 0 Å². The van der Waals surface area contributed by atoms with Gasteiger partial charge in [0, 0.05) is 18.3 Å². The van der Waals surface area contributed by atoms with E-state index in [0.29, 0.717) is 0 Å². The molecule has 1 aromatic heterocycles. The SMILES string of the molecule is I.NC(Cc1cnc[nH]1)C(=O)O. The number of hydrogen-bond acceptors (Lipinski definition) is 3. The molecule has 1 rings (SSSR count). The highest BCUT2D eigenvalue weighted by Gasteiger charge is 2.11. The summed E-state index contributed by atoms with van der Waals surface area (Å²) >= 11 is 0. The fraction of sp³-hybridized carbons (Fsp3) is 0.333. The molecular weight excluding hydrogens is 273 g/mol. The lowest BCUT2D eigenvalue weighted by Crippen LogP contribution is -2.32. The number of aromatic nitrogens is 2. The number of aromatic amines is 1. The van der Waals surface area contributed by atoms with E-state index < -0.39 is 12.0 Å². The molecule has 0 saturated carbocycles. The number of halogens is 1. The molecule has 0 bridgehead atoms. The second kappa shape index (κ2) is 5.09. The number of nitrogens with zero attached hydrogens (tertiary/aromatic N) is 1. The van der Waals surface area contributed by atoms with Gasteiger partial charge >= 0.3 is 5.97 Å². The maximum atomic E-state index is 10.3. The predicted molar refractivity (Wildman–Crippen MR) is 53.3 cm³/mol. The van der Waals surface area contributed by atoms with E-state index in [1.807, 2.05) is 0 Å². The number of carboxylic acid groups (broad SMARTS) is 1. The fourth-order valence-electron chi connectivity index (χ4n) is 0.721. The van der Waals surface area contributed by atoms with Crippen molar-refractivity contribution in [3.05, 3.63) is 18.2 Å². The summed E-state index contributed by atoms with van der Waals surface area (Å²) < 4.78 is 0. The Hall–Kier alpha value is -0.630. The second-order valence-corrected chi connectivity index (χ2v) is 2.23. The van der Waals surface area contributed by atoms with E-state index in [-0.39, 0.29) is 30.4 Å². The van der Waals surface area contributed by atoms with Gasteiger partial charge in [-0.3, -0.25) is 4.79 Å². The minimum atomic E-state index is -1.00. The molecule has 1 aromatic rings. The summed E-state index contributed by atoms with van der Waals surface area (Å²) in [5, 5.41) is 8.42. The Bertz CT molecular complexity index is 237. The van der Waals surface area contributed by atoms with Gasteiger partial charge in [-0.05, 0) is 0 Å². The zero-order chi connectivity index (χ0) is 8.27. The molecule has 6 heteroatoms. The number of carboxylic acids is 1. The summed E-state index contributed by atoms with van der Waals surface area (Å²) in [6.07, 6.45) is 3.34. The van der Waals surface area contributed by atoms with Gasteiger partial charge in [0.2, 0.25) is 0 Å². The largest absolute Gasteiger partial charge is 0.480 e. The number of aliphatic carboxylic acids is 1. The smallest absolute Gasteiger partial charge is 0.320 e. The maximum Gasteiger partial charge on any atom is 0.320 e. The second-order valence-electron chi connectivity index (χ2n) is 2.23. The van der Waals surface area contributed by atoms with Crippen molar-refractivity contribution in [1.29, 1.82) is 0 Å². The van der Waals surface area contributed by atoms with Gasteiger partial charge in [-0.15, -0.1) is 24.0 Å². The van der Waals surface area contributed by atoms with Crippen molar-refractivity contribution in [2.24, 2.45) is 5.73 Å². The van der Waals surface area contributed by atoms with Gasteiger partial charge in [-0.25, -0.2) is 4.98 Å². The monoisotopic (exact) mass is 283 g/mol. The van der Waals surface area contributed by atoms with E-state index in [9.17, 15) is 4.79 Å². The molecule has 0 aromatic carbocycles. The van der Waals surface area contributed by atoms with Crippen LogP contribution in [-0.4, -0.2) is 27.1 Å². The van der Waals surface area contributed by atoms with Crippen molar-refractivity contribution < 1.29 is 9.90 Å². The molecule has 1 heterocycles. The molecule has 5 nitrogen and oxygen atoms in total. The molecule has 0 amide bonds. The van der Waals surface area contributed by atoms with Crippen molar-refractivity contribution in [1.82, 2.24) is 9.97 Å². The first kappa shape index (κ1) is 11.4. The average Bonchev–Trinajstić information content (AvgIpc) is 2.39. The molecule has 68 valence electrons. The zero-order valence-corrected chi connectivity index (χ0v) is 8.56. The summed E-state index contributed by atoms with van der Waals surface area (Å²) in [6.45, 7) is 0. The molecule has 1 atom stereocenters. The Balaban J connectivity index is 0.00000121. The number of carbonyl (C=O) groups is 1. The van der Waals surface area contributed by atoms with Crippen LogP contribution < -0.4 is 5.73 Å². The number of H-pyrrole nitrogens is 1. The number of nitrogens with two attached hydrogens (primary N) is 1. The summed E-state index contributed by atoms with van der Waals surface area (Å²) in [4.78, 5) is 16.8. The Labute approximate surface area is 86.4 Å². The number of hydrogen-bond donors (Lipinski definition) is 3. The summed E-state index contributed by atoms with van der Waals surface area (Å²) in [7, 11) is 0. The van der Waals surface area contributed by atoms with E-state index in [0.717, 1.165) is 5.69 Å². The standard InChI is InChI=1S/C6H9N3O2.HI/c7-5(6(10)11)1-4-2-8-3-9-4;/h2-3,5H,1,7H2,(H,8,9)(H,10,11);1H. The molecule has 0 radical (unpaired) electrons. The molecular formula is C6H10IN3O2. The fourth-order valence-corrected chi connectivity index (χ4v) is 0.721. The summed E-state index contributed by atoms with van der Waals surface area (Å²) in [6, 6.07) is -0.851. The Kier molecular flexibility index (Phi) is 4.83. The highest BCUT2D eigenvalue weighted by Crippen LogP contribution is 1.95. The third-order valence-corrected chi connectivity index (χ3v) is 1.31. The van der Waals surface area contributed by atoms with Crippen LogP contribution in [0.15, 0.2) is 12.5 Å². The normalized spacial score (nSPS) is 11.8. The minimum Gasteiger partial charge on any atom is -0.480 e. The van der Waals surface area contributed by atoms with Crippen molar-refractivity contribution >= 4 is 29.9 Å². The van der Waals surface area contributed by atoms with Crippen LogP contribution in [0, 0.1) is 0 Å².